The number of likely N-dealkylation sites (tertiary alicyclic amines) is 1. The van der Waals surface area contributed by atoms with Crippen LogP contribution in [0.25, 0.3) is 0 Å². The number of hydrogen-bond donors (Lipinski definition) is 0. The molecule has 1 aromatic carbocycles. The van der Waals surface area contributed by atoms with Gasteiger partial charge in [0.05, 0.1) is 6.61 Å². The van der Waals surface area contributed by atoms with Crippen LogP contribution in [0.2, 0.25) is 0 Å². The smallest absolute Gasteiger partial charge is 0.410 e. The number of ketones is 1. The van der Waals surface area contributed by atoms with Gasteiger partial charge in [-0.25, -0.2) is 4.79 Å². The van der Waals surface area contributed by atoms with Gasteiger partial charge in [0, 0.05) is 6.54 Å². The molecule has 0 saturated carbocycles. The van der Waals surface area contributed by atoms with E-state index in [1.165, 1.54) is 4.90 Å². The first-order valence-corrected chi connectivity index (χ1v) is 8.14. The van der Waals surface area contributed by atoms with Crippen molar-refractivity contribution in [3.05, 3.63) is 35.9 Å². The quantitative estimate of drug-likeness (QED) is 0.591. The topological polar surface area (TPSA) is 72.9 Å². The van der Waals surface area contributed by atoms with Crippen LogP contribution in [0.3, 0.4) is 0 Å². The number of esters is 1. The van der Waals surface area contributed by atoms with E-state index in [0.717, 1.165) is 5.56 Å². The number of nitrogens with zero attached hydrogens (tertiary/aromatic N) is 1. The molecule has 130 valence electrons. The second-order valence-electron chi connectivity index (χ2n) is 5.97. The third-order valence-electron chi connectivity index (χ3n) is 4.28. The molecule has 1 atom stereocenters. The summed E-state index contributed by atoms with van der Waals surface area (Å²) in [6.07, 6.45) is 0.361. The third kappa shape index (κ3) is 4.13. The minimum Gasteiger partial charge on any atom is -0.466 e. The molecule has 1 saturated heterocycles. The van der Waals surface area contributed by atoms with Crippen molar-refractivity contribution in [2.24, 2.45) is 0 Å². The Morgan fingerprint density at radius 2 is 1.88 bits per heavy atom. The minimum atomic E-state index is -1.01. The van der Waals surface area contributed by atoms with Gasteiger partial charge in [0.25, 0.3) is 0 Å². The first-order chi connectivity index (χ1) is 11.5. The molecule has 0 aliphatic carbocycles. The Kier molecular flexibility index (Phi) is 5.95. The van der Waals surface area contributed by atoms with Crippen LogP contribution in [0, 0.1) is 0 Å². The van der Waals surface area contributed by atoms with Crippen molar-refractivity contribution in [2.75, 3.05) is 13.2 Å². The Bertz CT molecular complexity index is 601. The molecular formula is C18H23NO5. The summed E-state index contributed by atoms with van der Waals surface area (Å²) < 4.78 is 10.2. The van der Waals surface area contributed by atoms with E-state index in [9.17, 15) is 14.4 Å². The van der Waals surface area contributed by atoms with Gasteiger partial charge in [0.15, 0.2) is 5.78 Å². The summed E-state index contributed by atoms with van der Waals surface area (Å²) in [5, 5.41) is 0. The second-order valence-corrected chi connectivity index (χ2v) is 5.97. The molecule has 0 radical (unpaired) electrons. The Hall–Kier alpha value is -2.37. The third-order valence-corrected chi connectivity index (χ3v) is 4.28. The average Bonchev–Trinajstić information content (AvgIpc) is 2.97. The van der Waals surface area contributed by atoms with Crippen molar-refractivity contribution in [3.63, 3.8) is 0 Å². The number of ether oxygens (including phenoxy) is 2. The molecular weight excluding hydrogens is 310 g/mol. The van der Waals surface area contributed by atoms with Crippen molar-refractivity contribution < 1.29 is 23.9 Å². The van der Waals surface area contributed by atoms with E-state index in [2.05, 4.69) is 0 Å². The number of amides is 1. The predicted octanol–water partition coefficient (Wildman–Crippen LogP) is 2.70. The van der Waals surface area contributed by atoms with Crippen LogP contribution in [-0.4, -0.2) is 41.4 Å². The standard InChI is InChI=1S/C18H23NO5/c1-3-23-16(21)12-15(20)18(2)10-7-11-19(18)17(22)24-13-14-8-5-4-6-9-14/h4-6,8-9H,3,7,10-13H2,1-2H3/t18-/m0/s1. The van der Waals surface area contributed by atoms with Crippen LogP contribution in [0.1, 0.15) is 38.7 Å². The van der Waals surface area contributed by atoms with Crippen molar-refractivity contribution in [1.82, 2.24) is 4.90 Å². The van der Waals surface area contributed by atoms with E-state index < -0.39 is 17.6 Å². The van der Waals surface area contributed by atoms with Gasteiger partial charge in [-0.2, -0.15) is 0 Å². The van der Waals surface area contributed by atoms with Crippen LogP contribution >= 0.6 is 0 Å². The number of Topliss-reactive ketones (excluding diaryl/α,β-unsaturated/α-hetero) is 1. The van der Waals surface area contributed by atoms with Gasteiger partial charge >= 0.3 is 12.1 Å². The number of rotatable bonds is 6. The second kappa shape index (κ2) is 7.95. The van der Waals surface area contributed by atoms with E-state index >= 15 is 0 Å². The van der Waals surface area contributed by atoms with Crippen molar-refractivity contribution in [1.29, 1.82) is 0 Å². The molecule has 1 heterocycles. The largest absolute Gasteiger partial charge is 0.466 e. The predicted molar refractivity (Wildman–Crippen MR) is 87.2 cm³/mol. The number of carbonyl (C=O) groups excluding carboxylic acids is 3. The lowest BCUT2D eigenvalue weighted by Gasteiger charge is -2.32. The molecule has 6 heteroatoms. The number of carbonyl (C=O) groups is 3. The maximum atomic E-state index is 12.5. The van der Waals surface area contributed by atoms with E-state index in [4.69, 9.17) is 9.47 Å². The fraction of sp³-hybridized carbons (Fsp3) is 0.500. The van der Waals surface area contributed by atoms with E-state index in [1.807, 2.05) is 30.3 Å². The lowest BCUT2D eigenvalue weighted by molar-refractivity contribution is -0.147. The molecule has 1 aromatic rings. The fourth-order valence-electron chi connectivity index (χ4n) is 2.88. The highest BCUT2D eigenvalue weighted by Crippen LogP contribution is 2.31. The van der Waals surface area contributed by atoms with Gasteiger partial charge in [-0.1, -0.05) is 30.3 Å². The summed E-state index contributed by atoms with van der Waals surface area (Å²) in [6, 6.07) is 9.35. The highest BCUT2D eigenvalue weighted by Gasteiger charge is 2.46. The summed E-state index contributed by atoms with van der Waals surface area (Å²) in [6.45, 7) is 4.20. The molecule has 2 rings (SSSR count). The monoisotopic (exact) mass is 333 g/mol. The Labute approximate surface area is 141 Å². The molecule has 0 unspecified atom stereocenters. The van der Waals surface area contributed by atoms with E-state index in [-0.39, 0.29) is 25.4 Å². The van der Waals surface area contributed by atoms with Gasteiger partial charge in [-0.05, 0) is 32.3 Å². The molecule has 1 amide bonds. The van der Waals surface area contributed by atoms with Crippen LogP contribution in [0.15, 0.2) is 30.3 Å². The molecule has 0 aromatic heterocycles. The van der Waals surface area contributed by atoms with Crippen LogP contribution in [-0.2, 0) is 25.7 Å². The SMILES string of the molecule is CCOC(=O)CC(=O)[C@]1(C)CCCN1C(=O)OCc1ccccc1. The lowest BCUT2D eigenvalue weighted by atomic mass is 9.91. The van der Waals surface area contributed by atoms with Gasteiger partial charge in [0.1, 0.15) is 18.6 Å². The van der Waals surface area contributed by atoms with Gasteiger partial charge in [0.2, 0.25) is 0 Å². The van der Waals surface area contributed by atoms with Gasteiger partial charge in [-0.3, -0.25) is 14.5 Å². The maximum absolute atomic E-state index is 12.5. The van der Waals surface area contributed by atoms with Crippen LogP contribution < -0.4 is 0 Å². The van der Waals surface area contributed by atoms with Crippen LogP contribution in [0.5, 0.6) is 0 Å². The maximum Gasteiger partial charge on any atom is 0.410 e. The molecule has 1 fully saturated rings. The summed E-state index contributed by atoms with van der Waals surface area (Å²) in [4.78, 5) is 37.9. The molecule has 0 N–H and O–H groups in total. The van der Waals surface area contributed by atoms with Gasteiger partial charge < -0.3 is 9.47 Å². The first kappa shape index (κ1) is 18.0. The van der Waals surface area contributed by atoms with Crippen molar-refractivity contribution in [2.45, 2.75) is 45.3 Å². The van der Waals surface area contributed by atoms with Crippen LogP contribution in [0.4, 0.5) is 4.79 Å². The fourth-order valence-corrected chi connectivity index (χ4v) is 2.88. The molecule has 0 bridgehead atoms. The highest BCUT2D eigenvalue weighted by molar-refractivity contribution is 6.02. The molecule has 0 spiro atoms. The van der Waals surface area contributed by atoms with E-state index in [0.29, 0.717) is 19.4 Å². The minimum absolute atomic E-state index is 0.151. The normalized spacial score (nSPS) is 19.8. The highest BCUT2D eigenvalue weighted by atomic mass is 16.6. The number of hydrogen-bond acceptors (Lipinski definition) is 5. The summed E-state index contributed by atoms with van der Waals surface area (Å²) in [5.74, 6) is -0.872. The number of benzene rings is 1. The zero-order chi connectivity index (χ0) is 17.6. The zero-order valence-corrected chi connectivity index (χ0v) is 14.1. The Morgan fingerprint density at radius 1 is 1.17 bits per heavy atom. The molecule has 1 aliphatic rings. The lowest BCUT2D eigenvalue weighted by Crippen LogP contribution is -2.51. The Morgan fingerprint density at radius 3 is 2.54 bits per heavy atom. The summed E-state index contributed by atoms with van der Waals surface area (Å²) >= 11 is 0. The first-order valence-electron chi connectivity index (χ1n) is 8.14. The van der Waals surface area contributed by atoms with Crippen molar-refractivity contribution >= 4 is 17.8 Å². The molecule has 24 heavy (non-hydrogen) atoms. The zero-order valence-electron chi connectivity index (χ0n) is 14.1. The van der Waals surface area contributed by atoms with Crippen molar-refractivity contribution in [3.8, 4) is 0 Å². The summed E-state index contributed by atoms with van der Waals surface area (Å²) in [7, 11) is 0. The van der Waals surface area contributed by atoms with Gasteiger partial charge in [-0.15, -0.1) is 0 Å². The molecule has 6 nitrogen and oxygen atoms in total. The summed E-state index contributed by atoms with van der Waals surface area (Å²) in [5.41, 5.74) is -0.134. The Balaban J connectivity index is 1.98. The average molecular weight is 333 g/mol. The molecule has 1 aliphatic heterocycles. The van der Waals surface area contributed by atoms with E-state index in [1.54, 1.807) is 13.8 Å².